The minimum atomic E-state index is -0.147. The van der Waals surface area contributed by atoms with Crippen molar-refractivity contribution >= 4 is 16.8 Å². The molecule has 0 radical (unpaired) electrons. The van der Waals surface area contributed by atoms with E-state index in [0.717, 1.165) is 11.1 Å². The fourth-order valence-electron chi connectivity index (χ4n) is 1.66. The van der Waals surface area contributed by atoms with Gasteiger partial charge in [-0.05, 0) is 19.1 Å². The number of aromatic hydroxyl groups is 1. The maximum Gasteiger partial charge on any atom is 0.163 e. The summed E-state index contributed by atoms with van der Waals surface area (Å²) in [6.45, 7) is 5.50. The van der Waals surface area contributed by atoms with Crippen LogP contribution < -0.4 is 0 Å². The standard InChI is InChI=1S/C13H14O3/c1-7(2)12-5-9-4-10(8(3)14)11(15)6-13(9)16-12/h4-7,15H,1-3H3. The molecule has 0 aliphatic heterocycles. The highest BCUT2D eigenvalue weighted by Gasteiger charge is 2.13. The van der Waals surface area contributed by atoms with Gasteiger partial charge in [-0.15, -0.1) is 0 Å². The first kappa shape index (κ1) is 10.7. The molecule has 1 aromatic heterocycles. The van der Waals surface area contributed by atoms with E-state index in [1.54, 1.807) is 6.07 Å². The van der Waals surface area contributed by atoms with Crippen LogP contribution in [0, 0.1) is 0 Å². The molecule has 0 bridgehead atoms. The second kappa shape index (κ2) is 3.67. The number of ketones is 1. The summed E-state index contributed by atoms with van der Waals surface area (Å²) in [6, 6.07) is 5.08. The molecule has 0 amide bonds. The van der Waals surface area contributed by atoms with Gasteiger partial charge in [0.15, 0.2) is 5.78 Å². The molecule has 0 saturated carbocycles. The van der Waals surface area contributed by atoms with Crippen LogP contribution in [0.3, 0.4) is 0 Å². The average Bonchev–Trinajstić information content (AvgIpc) is 2.58. The number of carbonyl (C=O) groups excluding carboxylic acids is 1. The van der Waals surface area contributed by atoms with E-state index in [4.69, 9.17) is 4.42 Å². The number of fused-ring (bicyclic) bond motifs is 1. The lowest BCUT2D eigenvalue weighted by atomic mass is 10.1. The molecule has 16 heavy (non-hydrogen) atoms. The molecule has 0 aliphatic rings. The number of carbonyl (C=O) groups is 1. The molecular weight excluding hydrogens is 204 g/mol. The van der Waals surface area contributed by atoms with Gasteiger partial charge in [-0.25, -0.2) is 0 Å². The molecule has 0 spiro atoms. The lowest BCUT2D eigenvalue weighted by Crippen LogP contribution is -1.91. The van der Waals surface area contributed by atoms with Crippen LogP contribution in [0.5, 0.6) is 5.75 Å². The van der Waals surface area contributed by atoms with Crippen molar-refractivity contribution in [2.75, 3.05) is 0 Å². The summed E-state index contributed by atoms with van der Waals surface area (Å²) >= 11 is 0. The third kappa shape index (κ3) is 1.69. The van der Waals surface area contributed by atoms with Crippen LogP contribution in [-0.2, 0) is 0 Å². The Kier molecular flexibility index (Phi) is 2.46. The highest BCUT2D eigenvalue weighted by molar-refractivity contribution is 6.00. The van der Waals surface area contributed by atoms with Crippen LogP contribution in [0.1, 0.15) is 42.8 Å². The fourth-order valence-corrected chi connectivity index (χ4v) is 1.66. The van der Waals surface area contributed by atoms with Crippen molar-refractivity contribution < 1.29 is 14.3 Å². The number of hydrogen-bond acceptors (Lipinski definition) is 3. The Morgan fingerprint density at radius 3 is 2.56 bits per heavy atom. The zero-order valence-corrected chi connectivity index (χ0v) is 9.57. The predicted octanol–water partition coefficient (Wildman–Crippen LogP) is 3.46. The lowest BCUT2D eigenvalue weighted by molar-refractivity contribution is 0.101. The maximum absolute atomic E-state index is 11.3. The first-order valence-electron chi connectivity index (χ1n) is 5.26. The summed E-state index contributed by atoms with van der Waals surface area (Å²) in [4.78, 5) is 11.3. The van der Waals surface area contributed by atoms with E-state index in [1.165, 1.54) is 13.0 Å². The minimum Gasteiger partial charge on any atom is -0.507 e. The van der Waals surface area contributed by atoms with Crippen molar-refractivity contribution in [1.82, 2.24) is 0 Å². The second-order valence-corrected chi connectivity index (χ2v) is 4.27. The topological polar surface area (TPSA) is 50.4 Å². The highest BCUT2D eigenvalue weighted by atomic mass is 16.3. The first-order chi connectivity index (χ1) is 7.49. The van der Waals surface area contributed by atoms with Crippen molar-refractivity contribution in [3.63, 3.8) is 0 Å². The Bertz CT molecular complexity index is 550. The molecule has 3 nitrogen and oxygen atoms in total. The Balaban J connectivity index is 2.65. The van der Waals surface area contributed by atoms with E-state index in [2.05, 4.69) is 0 Å². The van der Waals surface area contributed by atoms with Gasteiger partial charge in [-0.3, -0.25) is 4.79 Å². The van der Waals surface area contributed by atoms with E-state index in [0.29, 0.717) is 11.1 Å². The molecule has 1 N–H and O–H groups in total. The summed E-state index contributed by atoms with van der Waals surface area (Å²) in [6.07, 6.45) is 0. The van der Waals surface area contributed by atoms with E-state index < -0.39 is 0 Å². The van der Waals surface area contributed by atoms with Crippen molar-refractivity contribution in [3.05, 3.63) is 29.5 Å². The molecule has 0 saturated heterocycles. The van der Waals surface area contributed by atoms with Crippen LogP contribution >= 0.6 is 0 Å². The molecule has 1 aromatic carbocycles. The van der Waals surface area contributed by atoms with Gasteiger partial charge in [0, 0.05) is 17.4 Å². The molecule has 3 heteroatoms. The van der Waals surface area contributed by atoms with Gasteiger partial charge < -0.3 is 9.52 Å². The van der Waals surface area contributed by atoms with Crippen LogP contribution in [-0.4, -0.2) is 10.9 Å². The summed E-state index contributed by atoms with van der Waals surface area (Å²) < 4.78 is 5.57. The molecular formula is C13H14O3. The van der Waals surface area contributed by atoms with Crippen LogP contribution in [0.2, 0.25) is 0 Å². The van der Waals surface area contributed by atoms with Gasteiger partial charge >= 0.3 is 0 Å². The minimum absolute atomic E-state index is 0.0235. The summed E-state index contributed by atoms with van der Waals surface area (Å²) in [7, 11) is 0. The highest BCUT2D eigenvalue weighted by Crippen LogP contribution is 2.30. The van der Waals surface area contributed by atoms with Crippen LogP contribution in [0.25, 0.3) is 11.0 Å². The Hall–Kier alpha value is -1.77. The van der Waals surface area contributed by atoms with Crippen molar-refractivity contribution in [1.29, 1.82) is 0 Å². The van der Waals surface area contributed by atoms with Gasteiger partial charge in [-0.2, -0.15) is 0 Å². The van der Waals surface area contributed by atoms with E-state index in [1.807, 2.05) is 19.9 Å². The third-order valence-electron chi connectivity index (χ3n) is 2.60. The normalized spacial score (nSPS) is 11.2. The fraction of sp³-hybridized carbons (Fsp3) is 0.308. The number of rotatable bonds is 2. The Labute approximate surface area is 93.7 Å². The first-order valence-corrected chi connectivity index (χ1v) is 5.26. The van der Waals surface area contributed by atoms with Gasteiger partial charge in [0.05, 0.1) is 5.56 Å². The summed E-state index contributed by atoms with van der Waals surface area (Å²) in [5.74, 6) is 0.974. The summed E-state index contributed by atoms with van der Waals surface area (Å²) in [5.41, 5.74) is 0.954. The number of Topliss-reactive ketones (excluding diaryl/α,β-unsaturated/α-hetero) is 1. The molecule has 2 rings (SSSR count). The number of furan rings is 1. The van der Waals surface area contributed by atoms with Gasteiger partial charge in [0.2, 0.25) is 0 Å². The molecule has 0 aliphatic carbocycles. The van der Waals surface area contributed by atoms with Crippen molar-refractivity contribution in [2.45, 2.75) is 26.7 Å². The number of hydrogen-bond donors (Lipinski definition) is 1. The van der Waals surface area contributed by atoms with Crippen LogP contribution in [0.4, 0.5) is 0 Å². The largest absolute Gasteiger partial charge is 0.507 e. The monoisotopic (exact) mass is 218 g/mol. The number of benzene rings is 1. The Morgan fingerprint density at radius 2 is 2.00 bits per heavy atom. The SMILES string of the molecule is CC(=O)c1cc2cc(C(C)C)oc2cc1O. The quantitative estimate of drug-likeness (QED) is 0.785. The van der Waals surface area contributed by atoms with Crippen molar-refractivity contribution in [2.24, 2.45) is 0 Å². The third-order valence-corrected chi connectivity index (χ3v) is 2.60. The van der Waals surface area contributed by atoms with E-state index >= 15 is 0 Å². The molecule has 0 atom stereocenters. The zero-order valence-electron chi connectivity index (χ0n) is 9.57. The van der Waals surface area contributed by atoms with E-state index in [-0.39, 0.29) is 17.5 Å². The van der Waals surface area contributed by atoms with Gasteiger partial charge in [0.25, 0.3) is 0 Å². The molecule has 0 unspecified atom stereocenters. The Morgan fingerprint density at radius 1 is 1.31 bits per heavy atom. The summed E-state index contributed by atoms with van der Waals surface area (Å²) in [5, 5.41) is 10.5. The molecule has 0 fully saturated rings. The molecule has 84 valence electrons. The molecule has 1 heterocycles. The number of phenols is 1. The lowest BCUT2D eigenvalue weighted by Gasteiger charge is -1.99. The number of phenolic OH excluding ortho intramolecular Hbond substituents is 1. The van der Waals surface area contributed by atoms with Gasteiger partial charge in [0.1, 0.15) is 17.1 Å². The van der Waals surface area contributed by atoms with Gasteiger partial charge in [-0.1, -0.05) is 13.8 Å². The zero-order chi connectivity index (χ0) is 11.9. The van der Waals surface area contributed by atoms with E-state index in [9.17, 15) is 9.90 Å². The molecule has 2 aromatic rings. The predicted molar refractivity (Wildman–Crippen MR) is 62.0 cm³/mol. The average molecular weight is 218 g/mol. The maximum atomic E-state index is 11.3. The smallest absolute Gasteiger partial charge is 0.163 e. The second-order valence-electron chi connectivity index (χ2n) is 4.27. The van der Waals surface area contributed by atoms with Crippen LogP contribution in [0.15, 0.2) is 22.6 Å². The van der Waals surface area contributed by atoms with Crippen molar-refractivity contribution in [3.8, 4) is 5.75 Å².